The average molecular weight is 411 g/mol. The second-order valence-corrected chi connectivity index (χ2v) is 7.64. The first kappa shape index (κ1) is 20.7. The molecular formula is C18H19ClN2O5S. The molecule has 1 amide bonds. The molecular weight excluding hydrogens is 392 g/mol. The second kappa shape index (κ2) is 8.88. The zero-order valence-electron chi connectivity index (χ0n) is 14.7. The Bertz CT molecular complexity index is 929. The van der Waals surface area contributed by atoms with E-state index in [0.29, 0.717) is 6.54 Å². The van der Waals surface area contributed by atoms with Crippen LogP contribution in [0.3, 0.4) is 0 Å². The number of para-hydroxylation sites is 1. The normalized spacial score (nSPS) is 12.1. The summed E-state index contributed by atoms with van der Waals surface area (Å²) < 4.78 is 32.3. The number of halogens is 1. The van der Waals surface area contributed by atoms with Gasteiger partial charge in [-0.1, -0.05) is 23.7 Å². The molecule has 1 atom stereocenters. The van der Waals surface area contributed by atoms with Gasteiger partial charge in [0.15, 0.2) is 6.10 Å². The molecule has 2 aromatic carbocycles. The highest BCUT2D eigenvalue weighted by atomic mass is 35.5. The van der Waals surface area contributed by atoms with Crippen LogP contribution in [-0.4, -0.2) is 32.9 Å². The Balaban J connectivity index is 2.11. The van der Waals surface area contributed by atoms with Crippen molar-refractivity contribution in [3.63, 3.8) is 0 Å². The molecule has 0 spiro atoms. The zero-order chi connectivity index (χ0) is 20.0. The molecule has 0 unspecified atom stereocenters. The molecule has 0 aliphatic rings. The minimum atomic E-state index is -3.87. The van der Waals surface area contributed by atoms with Crippen molar-refractivity contribution in [2.45, 2.75) is 24.8 Å². The number of hydrogen-bond donors (Lipinski definition) is 2. The number of sulfonamides is 1. The predicted octanol–water partition coefficient (Wildman–Crippen LogP) is 2.82. The zero-order valence-corrected chi connectivity index (χ0v) is 16.3. The van der Waals surface area contributed by atoms with Gasteiger partial charge in [-0.05, 0) is 50.2 Å². The van der Waals surface area contributed by atoms with Crippen molar-refractivity contribution in [1.29, 1.82) is 0 Å². The monoisotopic (exact) mass is 410 g/mol. The number of nitrogens with one attached hydrogen (secondary N) is 2. The molecule has 144 valence electrons. The smallest absolute Gasteiger partial charge is 0.338 e. The lowest BCUT2D eigenvalue weighted by Gasteiger charge is -2.13. The largest absolute Gasteiger partial charge is 0.449 e. The maximum absolute atomic E-state index is 12.4. The third kappa shape index (κ3) is 5.45. The molecule has 2 aromatic rings. The molecule has 27 heavy (non-hydrogen) atoms. The van der Waals surface area contributed by atoms with Crippen LogP contribution in [0.1, 0.15) is 24.2 Å². The minimum Gasteiger partial charge on any atom is -0.449 e. The lowest BCUT2D eigenvalue weighted by atomic mass is 10.2. The van der Waals surface area contributed by atoms with Crippen LogP contribution in [0.25, 0.3) is 0 Å². The third-order valence-corrected chi connectivity index (χ3v) is 5.23. The predicted molar refractivity (Wildman–Crippen MR) is 102 cm³/mol. The van der Waals surface area contributed by atoms with Crippen LogP contribution in [0.2, 0.25) is 5.02 Å². The highest BCUT2D eigenvalue weighted by Gasteiger charge is 2.20. The maximum atomic E-state index is 12.4. The van der Waals surface area contributed by atoms with Gasteiger partial charge in [-0.25, -0.2) is 13.2 Å². The van der Waals surface area contributed by atoms with Crippen molar-refractivity contribution in [2.24, 2.45) is 0 Å². The molecule has 9 heteroatoms. The van der Waals surface area contributed by atoms with Crippen molar-refractivity contribution in [2.75, 3.05) is 11.3 Å². The number of rotatable bonds is 7. The second-order valence-electron chi connectivity index (χ2n) is 5.55. The number of hydrogen-bond acceptors (Lipinski definition) is 5. The Labute approximate surface area is 162 Å². The first-order chi connectivity index (χ1) is 12.7. The first-order valence-corrected chi connectivity index (χ1v) is 9.97. The van der Waals surface area contributed by atoms with E-state index in [2.05, 4.69) is 10.0 Å². The molecule has 0 saturated carbocycles. The van der Waals surface area contributed by atoms with Crippen LogP contribution >= 0.6 is 11.6 Å². The van der Waals surface area contributed by atoms with Gasteiger partial charge in [0.1, 0.15) is 0 Å². The summed E-state index contributed by atoms with van der Waals surface area (Å²) in [7, 11) is -3.87. The average Bonchev–Trinajstić information content (AvgIpc) is 2.63. The SMILES string of the molecule is CCNC(=O)[C@H](C)OC(=O)c1ccc(S(=O)(=O)Nc2ccccc2Cl)cc1. The van der Waals surface area contributed by atoms with Crippen LogP contribution < -0.4 is 10.0 Å². The number of carbonyl (C=O) groups is 2. The van der Waals surface area contributed by atoms with Crippen LogP contribution in [0.4, 0.5) is 5.69 Å². The summed E-state index contributed by atoms with van der Waals surface area (Å²) in [6, 6.07) is 11.6. The van der Waals surface area contributed by atoms with E-state index in [1.165, 1.54) is 37.3 Å². The van der Waals surface area contributed by atoms with Gasteiger partial charge in [-0.2, -0.15) is 0 Å². The lowest BCUT2D eigenvalue weighted by Crippen LogP contribution is -2.35. The number of anilines is 1. The molecule has 0 radical (unpaired) electrons. The van der Waals surface area contributed by atoms with Crippen molar-refractivity contribution < 1.29 is 22.7 Å². The molecule has 0 aromatic heterocycles. The highest BCUT2D eigenvalue weighted by molar-refractivity contribution is 7.92. The Morgan fingerprint density at radius 2 is 1.74 bits per heavy atom. The Kier molecular flexibility index (Phi) is 6.81. The van der Waals surface area contributed by atoms with Crippen molar-refractivity contribution in [1.82, 2.24) is 5.32 Å². The molecule has 0 aliphatic carbocycles. The maximum Gasteiger partial charge on any atom is 0.338 e. The Morgan fingerprint density at radius 3 is 2.33 bits per heavy atom. The number of ether oxygens (including phenoxy) is 1. The summed E-state index contributed by atoms with van der Waals surface area (Å²) in [5.74, 6) is -1.13. The van der Waals surface area contributed by atoms with Crippen molar-refractivity contribution in [3.05, 3.63) is 59.1 Å². The summed E-state index contributed by atoms with van der Waals surface area (Å²) in [6.07, 6.45) is -0.956. The molecule has 2 rings (SSSR count). The van der Waals surface area contributed by atoms with Gasteiger partial charge in [0, 0.05) is 6.54 Å². The van der Waals surface area contributed by atoms with E-state index in [9.17, 15) is 18.0 Å². The van der Waals surface area contributed by atoms with E-state index in [1.807, 2.05) is 0 Å². The molecule has 0 fully saturated rings. The van der Waals surface area contributed by atoms with Crippen LogP contribution in [0, 0.1) is 0 Å². The lowest BCUT2D eigenvalue weighted by molar-refractivity contribution is -0.128. The number of amides is 1. The molecule has 2 N–H and O–H groups in total. The van der Waals surface area contributed by atoms with E-state index in [-0.39, 0.29) is 21.2 Å². The van der Waals surface area contributed by atoms with Gasteiger partial charge in [-0.3, -0.25) is 9.52 Å². The van der Waals surface area contributed by atoms with Crippen LogP contribution in [0.15, 0.2) is 53.4 Å². The molecule has 0 heterocycles. The number of benzene rings is 2. The number of likely N-dealkylation sites (N-methyl/N-ethyl adjacent to an activating group) is 1. The fourth-order valence-corrected chi connectivity index (χ4v) is 3.44. The van der Waals surface area contributed by atoms with Crippen molar-refractivity contribution in [3.8, 4) is 0 Å². The summed E-state index contributed by atoms with van der Waals surface area (Å²) in [5, 5.41) is 2.81. The van der Waals surface area contributed by atoms with Gasteiger partial charge < -0.3 is 10.1 Å². The van der Waals surface area contributed by atoms with E-state index in [4.69, 9.17) is 16.3 Å². The van der Waals surface area contributed by atoms with E-state index >= 15 is 0 Å². The topological polar surface area (TPSA) is 102 Å². The van der Waals surface area contributed by atoms with Crippen LogP contribution in [0.5, 0.6) is 0 Å². The highest BCUT2D eigenvalue weighted by Crippen LogP contribution is 2.24. The number of carbonyl (C=O) groups excluding carboxylic acids is 2. The molecule has 0 bridgehead atoms. The van der Waals surface area contributed by atoms with Gasteiger partial charge in [0.2, 0.25) is 0 Å². The fraction of sp³-hybridized carbons (Fsp3) is 0.222. The van der Waals surface area contributed by atoms with Gasteiger partial charge in [0.05, 0.1) is 21.2 Å². The fourth-order valence-electron chi connectivity index (χ4n) is 2.12. The molecule has 7 nitrogen and oxygen atoms in total. The molecule has 0 aliphatic heterocycles. The van der Waals surface area contributed by atoms with Gasteiger partial charge in [0.25, 0.3) is 15.9 Å². The minimum absolute atomic E-state index is 0.0456. The Hall–Kier alpha value is -2.58. The van der Waals surface area contributed by atoms with Gasteiger partial charge >= 0.3 is 5.97 Å². The summed E-state index contributed by atoms with van der Waals surface area (Å²) in [6.45, 7) is 3.63. The molecule has 0 saturated heterocycles. The number of esters is 1. The standard InChI is InChI=1S/C18H19ClN2O5S/c1-3-20-17(22)12(2)26-18(23)13-8-10-14(11-9-13)27(24,25)21-16-7-5-4-6-15(16)19/h4-12,21H,3H2,1-2H3,(H,20,22)/t12-/m0/s1. The summed E-state index contributed by atoms with van der Waals surface area (Å²) >= 11 is 5.96. The quantitative estimate of drug-likeness (QED) is 0.683. The van der Waals surface area contributed by atoms with Crippen LogP contribution in [-0.2, 0) is 19.6 Å². The van der Waals surface area contributed by atoms with Crippen molar-refractivity contribution >= 4 is 39.2 Å². The summed E-state index contributed by atoms with van der Waals surface area (Å²) in [5.41, 5.74) is 0.376. The summed E-state index contributed by atoms with van der Waals surface area (Å²) in [4.78, 5) is 23.6. The van der Waals surface area contributed by atoms with E-state index in [0.717, 1.165) is 0 Å². The Morgan fingerprint density at radius 1 is 1.11 bits per heavy atom. The van der Waals surface area contributed by atoms with E-state index < -0.39 is 28.0 Å². The van der Waals surface area contributed by atoms with E-state index in [1.54, 1.807) is 25.1 Å². The third-order valence-electron chi connectivity index (χ3n) is 3.52. The van der Waals surface area contributed by atoms with Gasteiger partial charge in [-0.15, -0.1) is 0 Å². The first-order valence-electron chi connectivity index (χ1n) is 8.10.